The molecule has 0 aromatic heterocycles. The van der Waals surface area contributed by atoms with Gasteiger partial charge in [0.05, 0.1) is 0 Å². The van der Waals surface area contributed by atoms with E-state index in [0.717, 1.165) is 0 Å². The summed E-state index contributed by atoms with van der Waals surface area (Å²) in [6.07, 6.45) is 1.12. The number of rotatable bonds is 2. The van der Waals surface area contributed by atoms with E-state index in [-0.39, 0.29) is 12.9 Å². The second kappa shape index (κ2) is 16.9. The maximum Gasteiger partial charge on any atom is 0.328 e. The summed E-state index contributed by atoms with van der Waals surface area (Å²) in [7, 11) is 0. The minimum atomic E-state index is -1.26. The van der Waals surface area contributed by atoms with Gasteiger partial charge in [0.25, 0.3) is 12.9 Å². The third-order valence-corrected chi connectivity index (χ3v) is 0.368. The highest BCUT2D eigenvalue weighted by atomic mass is 16.4. The maximum atomic E-state index is 9.55. The molecule has 80 valence electrons. The van der Waals surface area contributed by atoms with Gasteiger partial charge in [-0.05, 0) is 0 Å². The van der Waals surface area contributed by atoms with Crippen LogP contribution in [0.4, 0.5) is 0 Å². The Kier molecular flexibility index (Phi) is 21.3. The van der Waals surface area contributed by atoms with Crippen LogP contribution in [0.1, 0.15) is 0 Å². The molecule has 0 aliphatic rings. The van der Waals surface area contributed by atoms with Gasteiger partial charge in [-0.25, -0.2) is 9.59 Å². The van der Waals surface area contributed by atoms with Crippen LogP contribution in [0.3, 0.4) is 0 Å². The molecule has 0 amide bonds. The van der Waals surface area contributed by atoms with E-state index in [2.05, 4.69) is 0 Å². The van der Waals surface area contributed by atoms with Crippen LogP contribution < -0.4 is 0 Å². The molecule has 14 heavy (non-hydrogen) atoms. The number of hydrogen-bond acceptors (Lipinski definition) is 4. The maximum absolute atomic E-state index is 9.55. The minimum Gasteiger partial charge on any atom is -0.483 e. The zero-order valence-corrected chi connectivity index (χ0v) is 6.73. The van der Waals surface area contributed by atoms with E-state index in [1.807, 2.05) is 0 Å². The Morgan fingerprint density at radius 1 is 0.786 bits per heavy atom. The van der Waals surface area contributed by atoms with Crippen LogP contribution >= 0.6 is 0 Å². The summed E-state index contributed by atoms with van der Waals surface area (Å²) in [6.45, 7) is -0.500. The van der Waals surface area contributed by atoms with Crippen molar-refractivity contribution in [3.05, 3.63) is 12.2 Å². The quantitative estimate of drug-likeness (QED) is 0.337. The summed E-state index contributed by atoms with van der Waals surface area (Å²) in [5, 5.41) is 29.4. The van der Waals surface area contributed by atoms with Crippen molar-refractivity contribution in [3.63, 3.8) is 0 Å². The average molecular weight is 208 g/mol. The van der Waals surface area contributed by atoms with Crippen molar-refractivity contribution in [2.75, 3.05) is 0 Å². The molecule has 0 radical (unpaired) electrons. The standard InChI is InChI=1S/C4H4O4.2CH2O2/c5-3(6)1-2-4(7)8;2*2-1-3/h1-2H,(H,5,6)(H,7,8);2*1H,(H,2,3)/b2-1+;;. The Morgan fingerprint density at radius 2 is 0.929 bits per heavy atom. The van der Waals surface area contributed by atoms with Gasteiger partial charge < -0.3 is 20.4 Å². The topological polar surface area (TPSA) is 149 Å². The summed E-state index contributed by atoms with van der Waals surface area (Å²) < 4.78 is 0. The van der Waals surface area contributed by atoms with Gasteiger partial charge in [-0.2, -0.15) is 0 Å². The summed E-state index contributed by atoms with van der Waals surface area (Å²) in [6, 6.07) is 0. The van der Waals surface area contributed by atoms with E-state index in [1.54, 1.807) is 0 Å². The number of carbonyl (C=O) groups is 4. The van der Waals surface area contributed by atoms with Crippen molar-refractivity contribution in [2.45, 2.75) is 0 Å². The Balaban J connectivity index is -0.000000168. The van der Waals surface area contributed by atoms with Crippen molar-refractivity contribution < 1.29 is 39.6 Å². The molecule has 0 aliphatic heterocycles. The van der Waals surface area contributed by atoms with Crippen molar-refractivity contribution in [1.82, 2.24) is 0 Å². The Morgan fingerprint density at radius 3 is 1.00 bits per heavy atom. The number of carboxylic acids is 2. The molecule has 0 saturated carbocycles. The lowest BCUT2D eigenvalue weighted by molar-refractivity contribution is -0.134. The molecule has 8 nitrogen and oxygen atoms in total. The first-order valence-electron chi connectivity index (χ1n) is 2.75. The number of aliphatic carboxylic acids is 2. The molecule has 4 N–H and O–H groups in total. The zero-order chi connectivity index (χ0) is 12.0. The fourth-order valence-electron chi connectivity index (χ4n) is 0.143. The molecule has 0 unspecified atom stereocenters. The first-order valence-corrected chi connectivity index (χ1v) is 2.75. The normalized spacial score (nSPS) is 7.14. The van der Waals surface area contributed by atoms with Crippen LogP contribution in [0, 0.1) is 0 Å². The third-order valence-electron chi connectivity index (χ3n) is 0.368. The molecular formula is C6H8O8. The van der Waals surface area contributed by atoms with Crippen molar-refractivity contribution in [2.24, 2.45) is 0 Å². The Hall–Kier alpha value is -2.38. The molecule has 0 heterocycles. The van der Waals surface area contributed by atoms with Crippen LogP contribution in [0.5, 0.6) is 0 Å². The van der Waals surface area contributed by atoms with Crippen molar-refractivity contribution in [3.8, 4) is 0 Å². The second-order valence-electron chi connectivity index (χ2n) is 1.22. The van der Waals surface area contributed by atoms with E-state index < -0.39 is 11.9 Å². The molecule has 0 spiro atoms. The summed E-state index contributed by atoms with van der Waals surface area (Å²) in [5.41, 5.74) is 0. The van der Waals surface area contributed by atoms with Gasteiger partial charge >= 0.3 is 11.9 Å². The second-order valence-corrected chi connectivity index (χ2v) is 1.22. The van der Waals surface area contributed by atoms with Crippen LogP contribution in [0.2, 0.25) is 0 Å². The van der Waals surface area contributed by atoms with E-state index in [9.17, 15) is 9.59 Å². The van der Waals surface area contributed by atoms with E-state index in [1.165, 1.54) is 0 Å². The minimum absolute atomic E-state index is 0.250. The van der Waals surface area contributed by atoms with Crippen molar-refractivity contribution in [1.29, 1.82) is 0 Å². The van der Waals surface area contributed by atoms with Gasteiger partial charge in [0.15, 0.2) is 0 Å². The average Bonchev–Trinajstić information content (AvgIpc) is 2.04. The summed E-state index contributed by atoms with van der Waals surface area (Å²) >= 11 is 0. The molecule has 0 bridgehead atoms. The van der Waals surface area contributed by atoms with Gasteiger partial charge in [-0.1, -0.05) is 0 Å². The highest BCUT2D eigenvalue weighted by Gasteiger charge is 1.88. The predicted molar refractivity (Wildman–Crippen MR) is 41.8 cm³/mol. The van der Waals surface area contributed by atoms with Gasteiger partial charge in [0.1, 0.15) is 0 Å². The van der Waals surface area contributed by atoms with E-state index in [4.69, 9.17) is 30.0 Å². The smallest absolute Gasteiger partial charge is 0.328 e. The molecule has 0 saturated heterocycles. The monoisotopic (exact) mass is 208 g/mol. The largest absolute Gasteiger partial charge is 0.483 e. The molecular weight excluding hydrogens is 200 g/mol. The molecule has 0 rings (SSSR count). The lowest BCUT2D eigenvalue weighted by Gasteiger charge is -1.74. The molecule has 0 aliphatic carbocycles. The fourth-order valence-corrected chi connectivity index (χ4v) is 0.143. The Labute approximate surface area is 77.7 Å². The fraction of sp³-hybridized carbons (Fsp3) is 0. The molecule has 0 fully saturated rings. The molecule has 0 aromatic carbocycles. The van der Waals surface area contributed by atoms with Gasteiger partial charge in [-0.15, -0.1) is 0 Å². The first kappa shape index (κ1) is 17.6. The lowest BCUT2D eigenvalue weighted by atomic mass is 10.5. The lowest BCUT2D eigenvalue weighted by Crippen LogP contribution is -1.91. The predicted octanol–water partition coefficient (Wildman–Crippen LogP) is -0.887. The van der Waals surface area contributed by atoms with Crippen molar-refractivity contribution >= 4 is 24.9 Å². The highest BCUT2D eigenvalue weighted by Crippen LogP contribution is 1.70. The van der Waals surface area contributed by atoms with Crippen LogP contribution in [-0.4, -0.2) is 45.3 Å². The highest BCUT2D eigenvalue weighted by molar-refractivity contribution is 5.89. The van der Waals surface area contributed by atoms with E-state index in [0.29, 0.717) is 12.2 Å². The number of carboxylic acid groups (broad SMARTS) is 4. The van der Waals surface area contributed by atoms with Gasteiger partial charge in [-0.3, -0.25) is 9.59 Å². The van der Waals surface area contributed by atoms with E-state index >= 15 is 0 Å². The van der Waals surface area contributed by atoms with Crippen LogP contribution in [0.25, 0.3) is 0 Å². The van der Waals surface area contributed by atoms with Crippen LogP contribution in [0.15, 0.2) is 12.2 Å². The summed E-state index contributed by atoms with van der Waals surface area (Å²) in [4.78, 5) is 35.8. The SMILES string of the molecule is O=C(O)/C=C/C(=O)O.O=CO.O=CO. The van der Waals surface area contributed by atoms with Gasteiger partial charge in [0, 0.05) is 12.2 Å². The summed E-state index contributed by atoms with van der Waals surface area (Å²) in [5.74, 6) is -2.51. The molecule has 0 atom stereocenters. The van der Waals surface area contributed by atoms with Gasteiger partial charge in [0.2, 0.25) is 0 Å². The van der Waals surface area contributed by atoms with Crippen LogP contribution in [-0.2, 0) is 19.2 Å². The number of hydrogen-bond donors (Lipinski definition) is 4. The third kappa shape index (κ3) is 104. The Bertz CT molecular complexity index is 184. The first-order chi connectivity index (χ1) is 6.45. The zero-order valence-electron chi connectivity index (χ0n) is 6.73. The molecule has 0 aromatic rings. The molecule has 8 heteroatoms.